The van der Waals surface area contributed by atoms with Gasteiger partial charge in [0.2, 0.25) is 5.91 Å². The second-order valence-electron chi connectivity index (χ2n) is 9.43. The Morgan fingerprint density at radius 1 is 1.08 bits per heavy atom. The number of urea groups is 1. The van der Waals surface area contributed by atoms with E-state index in [0.717, 1.165) is 13.0 Å². The molecule has 10 nitrogen and oxygen atoms in total. The number of ether oxygens (including phenoxy) is 3. The number of amides is 3. The van der Waals surface area contributed by atoms with Crippen molar-refractivity contribution in [2.24, 2.45) is 5.92 Å². The third-order valence-corrected chi connectivity index (χ3v) is 6.77. The van der Waals surface area contributed by atoms with Crippen molar-refractivity contribution in [3.05, 3.63) is 35.0 Å². The fourth-order valence-corrected chi connectivity index (χ4v) is 4.88. The number of methoxy groups -OCH3 is 2. The molecule has 0 saturated carbocycles. The van der Waals surface area contributed by atoms with Crippen LogP contribution in [0.15, 0.2) is 29.5 Å². The number of benzene rings is 1. The molecule has 37 heavy (non-hydrogen) atoms. The number of hydrogen-bond acceptors (Lipinski definition) is 7. The summed E-state index contributed by atoms with van der Waals surface area (Å²) >= 11 is 0. The molecule has 3 amide bonds. The highest BCUT2D eigenvalue weighted by molar-refractivity contribution is 5.95. The van der Waals surface area contributed by atoms with Gasteiger partial charge in [0.05, 0.1) is 32.4 Å². The molecule has 1 aromatic carbocycles. The molecule has 0 bridgehead atoms. The van der Waals surface area contributed by atoms with Gasteiger partial charge in [-0.1, -0.05) is 13.8 Å². The van der Waals surface area contributed by atoms with E-state index in [-0.39, 0.29) is 24.5 Å². The molecule has 2 aliphatic rings. The smallest absolute Gasteiger partial charge is 0.338 e. The molecular formula is C27H40N4O6. The molecular weight excluding hydrogens is 476 g/mol. The number of carbonyl (C=O) groups excluding carboxylic acids is 3. The molecule has 1 aromatic rings. The Kier molecular flexibility index (Phi) is 9.79. The summed E-state index contributed by atoms with van der Waals surface area (Å²) in [5, 5.41) is 2.98. The molecule has 1 atom stereocenters. The van der Waals surface area contributed by atoms with Crippen molar-refractivity contribution in [3.8, 4) is 11.5 Å². The first kappa shape index (κ1) is 28.3. The van der Waals surface area contributed by atoms with Gasteiger partial charge in [0.15, 0.2) is 0 Å². The monoisotopic (exact) mass is 516 g/mol. The third-order valence-electron chi connectivity index (χ3n) is 6.77. The molecule has 10 heteroatoms. The molecule has 1 fully saturated rings. The Morgan fingerprint density at radius 2 is 1.84 bits per heavy atom. The van der Waals surface area contributed by atoms with Crippen molar-refractivity contribution >= 4 is 17.9 Å². The van der Waals surface area contributed by atoms with Crippen LogP contribution in [0, 0.1) is 5.92 Å². The SMILES string of the molecule is CCOC(=O)C1=C(CN2CCCN(C(=O)C(C)C)CC2)N(CC)C(=O)NC1c1cc(OC)ccc1OC. The Morgan fingerprint density at radius 3 is 2.46 bits per heavy atom. The van der Waals surface area contributed by atoms with E-state index < -0.39 is 12.0 Å². The van der Waals surface area contributed by atoms with Crippen LogP contribution in [0.4, 0.5) is 4.79 Å². The number of nitrogens with zero attached hydrogens (tertiary/aromatic N) is 3. The molecule has 1 unspecified atom stereocenters. The Balaban J connectivity index is 2.05. The number of esters is 1. The highest BCUT2D eigenvalue weighted by Gasteiger charge is 2.39. The van der Waals surface area contributed by atoms with E-state index in [4.69, 9.17) is 14.2 Å². The van der Waals surface area contributed by atoms with E-state index >= 15 is 0 Å². The average molecular weight is 517 g/mol. The molecule has 2 heterocycles. The predicted molar refractivity (Wildman–Crippen MR) is 139 cm³/mol. The summed E-state index contributed by atoms with van der Waals surface area (Å²) in [4.78, 5) is 45.0. The van der Waals surface area contributed by atoms with E-state index in [1.54, 1.807) is 44.2 Å². The van der Waals surface area contributed by atoms with Crippen LogP contribution in [-0.4, -0.2) is 92.7 Å². The van der Waals surface area contributed by atoms with Gasteiger partial charge in [-0.15, -0.1) is 0 Å². The molecule has 0 spiro atoms. The molecule has 1 N–H and O–H groups in total. The molecule has 1 saturated heterocycles. The zero-order chi connectivity index (χ0) is 27.1. The lowest BCUT2D eigenvalue weighted by Gasteiger charge is -2.38. The van der Waals surface area contributed by atoms with Crippen molar-refractivity contribution in [3.63, 3.8) is 0 Å². The van der Waals surface area contributed by atoms with Crippen LogP contribution in [0.3, 0.4) is 0 Å². The van der Waals surface area contributed by atoms with Gasteiger partial charge in [0, 0.05) is 56.4 Å². The van der Waals surface area contributed by atoms with E-state index in [2.05, 4.69) is 10.2 Å². The number of nitrogens with one attached hydrogen (secondary N) is 1. The number of rotatable bonds is 9. The number of likely N-dealkylation sites (N-methyl/N-ethyl adjacent to an activating group) is 1. The highest BCUT2D eigenvalue weighted by atomic mass is 16.5. The lowest BCUT2D eigenvalue weighted by Crippen LogP contribution is -2.51. The van der Waals surface area contributed by atoms with Gasteiger partial charge < -0.3 is 24.4 Å². The van der Waals surface area contributed by atoms with Gasteiger partial charge in [-0.05, 0) is 38.5 Å². The molecule has 0 aromatic heterocycles. The van der Waals surface area contributed by atoms with Crippen LogP contribution >= 0.6 is 0 Å². The normalized spacial score (nSPS) is 19.0. The van der Waals surface area contributed by atoms with E-state index in [9.17, 15) is 14.4 Å². The third kappa shape index (κ3) is 6.36. The lowest BCUT2D eigenvalue weighted by molar-refractivity contribution is -0.139. The summed E-state index contributed by atoms with van der Waals surface area (Å²) in [7, 11) is 3.11. The van der Waals surface area contributed by atoms with Crippen molar-refractivity contribution in [1.82, 2.24) is 20.0 Å². The van der Waals surface area contributed by atoms with Crippen LogP contribution in [0.25, 0.3) is 0 Å². The van der Waals surface area contributed by atoms with Gasteiger partial charge in [-0.25, -0.2) is 9.59 Å². The molecule has 3 rings (SSSR count). The number of carbonyl (C=O) groups is 3. The van der Waals surface area contributed by atoms with Crippen LogP contribution in [0.1, 0.15) is 45.7 Å². The van der Waals surface area contributed by atoms with Crippen molar-refractivity contribution in [1.29, 1.82) is 0 Å². The van der Waals surface area contributed by atoms with Crippen LogP contribution in [0.5, 0.6) is 11.5 Å². The maximum absolute atomic E-state index is 13.4. The van der Waals surface area contributed by atoms with Gasteiger partial charge >= 0.3 is 12.0 Å². The molecule has 0 aliphatic carbocycles. The minimum absolute atomic E-state index is 0.0547. The van der Waals surface area contributed by atoms with Gasteiger partial charge in [-0.2, -0.15) is 0 Å². The van der Waals surface area contributed by atoms with E-state index in [0.29, 0.717) is 61.1 Å². The van der Waals surface area contributed by atoms with Gasteiger partial charge in [-0.3, -0.25) is 14.6 Å². The maximum atomic E-state index is 13.4. The quantitative estimate of drug-likeness (QED) is 0.504. The largest absolute Gasteiger partial charge is 0.497 e. The summed E-state index contributed by atoms with van der Waals surface area (Å²) < 4.78 is 16.5. The average Bonchev–Trinajstić information content (AvgIpc) is 3.13. The zero-order valence-corrected chi connectivity index (χ0v) is 22.8. The fourth-order valence-electron chi connectivity index (χ4n) is 4.88. The molecule has 2 aliphatic heterocycles. The first-order valence-corrected chi connectivity index (χ1v) is 13.0. The molecule has 0 radical (unpaired) electrons. The minimum Gasteiger partial charge on any atom is -0.497 e. The van der Waals surface area contributed by atoms with E-state index in [1.165, 1.54) is 0 Å². The zero-order valence-electron chi connectivity index (χ0n) is 22.8. The standard InChI is InChI=1S/C27H40N4O6/c1-7-31-21(17-29-12-9-13-30(15-14-29)25(32)18(3)4)23(26(33)37-8-2)24(28-27(31)34)20-16-19(35-5)10-11-22(20)36-6/h10-11,16,18,24H,7-9,12-15,17H2,1-6H3,(H,28,34). The first-order chi connectivity index (χ1) is 17.7. The summed E-state index contributed by atoms with van der Waals surface area (Å²) in [5.41, 5.74) is 1.58. The van der Waals surface area contributed by atoms with Gasteiger partial charge in [0.25, 0.3) is 0 Å². The van der Waals surface area contributed by atoms with Crippen molar-refractivity contribution in [2.75, 3.05) is 60.1 Å². The van der Waals surface area contributed by atoms with Crippen LogP contribution < -0.4 is 14.8 Å². The van der Waals surface area contributed by atoms with Crippen LogP contribution in [-0.2, 0) is 14.3 Å². The Hall–Kier alpha value is -3.27. The van der Waals surface area contributed by atoms with E-state index in [1.807, 2.05) is 25.7 Å². The summed E-state index contributed by atoms with van der Waals surface area (Å²) in [6, 6.07) is 4.21. The van der Waals surface area contributed by atoms with Crippen molar-refractivity contribution < 1.29 is 28.6 Å². The number of hydrogen-bond donors (Lipinski definition) is 1. The van der Waals surface area contributed by atoms with Crippen LogP contribution in [0.2, 0.25) is 0 Å². The first-order valence-electron chi connectivity index (χ1n) is 13.0. The second kappa shape index (κ2) is 12.8. The highest BCUT2D eigenvalue weighted by Crippen LogP contribution is 2.38. The lowest BCUT2D eigenvalue weighted by atomic mass is 9.93. The predicted octanol–water partition coefficient (Wildman–Crippen LogP) is 2.80. The minimum atomic E-state index is -0.777. The maximum Gasteiger partial charge on any atom is 0.338 e. The molecule has 204 valence electrons. The van der Waals surface area contributed by atoms with Gasteiger partial charge in [0.1, 0.15) is 11.5 Å². The Bertz CT molecular complexity index is 1020. The van der Waals surface area contributed by atoms with Crippen molar-refractivity contribution in [2.45, 2.75) is 40.2 Å². The topological polar surface area (TPSA) is 101 Å². The summed E-state index contributed by atoms with van der Waals surface area (Å²) in [6.45, 7) is 11.1. The second-order valence-corrected chi connectivity index (χ2v) is 9.43. The Labute approximate surface area is 219 Å². The summed E-state index contributed by atoms with van der Waals surface area (Å²) in [6.07, 6.45) is 0.811. The summed E-state index contributed by atoms with van der Waals surface area (Å²) in [5.74, 6) is 0.703. The fraction of sp³-hybridized carbons (Fsp3) is 0.593.